The third-order valence-corrected chi connectivity index (χ3v) is 3.84. The maximum atomic E-state index is 12.3. The number of hydrazone groups is 1. The standard InChI is InChI=1S/C21H15N3O5/c25-20(15-6-2-1-3-7-15)23-22-14-17-8-4-5-9-19(17)29-21(26)16-10-12-18(13-11-16)24(27)28/h1-14H,(H,23,25)/b22-14-. The van der Waals surface area contributed by atoms with Crippen LogP contribution >= 0.6 is 0 Å². The van der Waals surface area contributed by atoms with E-state index >= 15 is 0 Å². The van der Waals surface area contributed by atoms with Crippen LogP contribution in [0.4, 0.5) is 5.69 Å². The summed E-state index contributed by atoms with van der Waals surface area (Å²) >= 11 is 0. The van der Waals surface area contributed by atoms with E-state index < -0.39 is 10.9 Å². The van der Waals surface area contributed by atoms with E-state index in [0.717, 1.165) is 0 Å². The molecule has 0 aliphatic rings. The lowest BCUT2D eigenvalue weighted by atomic mass is 10.2. The van der Waals surface area contributed by atoms with Crippen molar-refractivity contribution in [2.75, 3.05) is 0 Å². The molecule has 0 spiro atoms. The van der Waals surface area contributed by atoms with Crippen molar-refractivity contribution < 1.29 is 19.2 Å². The monoisotopic (exact) mass is 389 g/mol. The van der Waals surface area contributed by atoms with E-state index in [1.807, 2.05) is 0 Å². The molecule has 0 saturated heterocycles. The van der Waals surface area contributed by atoms with Crippen LogP contribution in [-0.2, 0) is 0 Å². The summed E-state index contributed by atoms with van der Waals surface area (Å²) in [5, 5.41) is 14.6. The van der Waals surface area contributed by atoms with Gasteiger partial charge in [0.05, 0.1) is 16.7 Å². The van der Waals surface area contributed by atoms with Gasteiger partial charge in [-0.15, -0.1) is 0 Å². The van der Waals surface area contributed by atoms with Gasteiger partial charge in [0.1, 0.15) is 5.75 Å². The molecule has 8 nitrogen and oxygen atoms in total. The highest BCUT2D eigenvalue weighted by atomic mass is 16.6. The number of amides is 1. The molecular formula is C21H15N3O5. The Hall–Kier alpha value is -4.33. The van der Waals surface area contributed by atoms with Crippen LogP contribution in [0.15, 0.2) is 84.0 Å². The molecule has 8 heteroatoms. The van der Waals surface area contributed by atoms with E-state index in [9.17, 15) is 19.7 Å². The van der Waals surface area contributed by atoms with Crippen LogP contribution in [0.3, 0.4) is 0 Å². The molecule has 3 aromatic carbocycles. The Bertz CT molecular complexity index is 1060. The minimum atomic E-state index is -0.672. The molecule has 1 amide bonds. The zero-order chi connectivity index (χ0) is 20.6. The van der Waals surface area contributed by atoms with Crippen LogP contribution in [0, 0.1) is 10.1 Å². The Morgan fingerprint density at radius 3 is 2.24 bits per heavy atom. The summed E-state index contributed by atoms with van der Waals surface area (Å²) < 4.78 is 5.36. The number of nitrogens with zero attached hydrogens (tertiary/aromatic N) is 2. The van der Waals surface area contributed by atoms with Crippen LogP contribution in [0.25, 0.3) is 0 Å². The van der Waals surface area contributed by atoms with Gasteiger partial charge >= 0.3 is 5.97 Å². The van der Waals surface area contributed by atoms with E-state index in [0.29, 0.717) is 11.1 Å². The van der Waals surface area contributed by atoms with Crippen LogP contribution in [0.2, 0.25) is 0 Å². The molecule has 0 saturated carbocycles. The van der Waals surface area contributed by atoms with Crippen molar-refractivity contribution >= 4 is 23.8 Å². The van der Waals surface area contributed by atoms with Crippen molar-refractivity contribution in [2.24, 2.45) is 5.10 Å². The average Bonchev–Trinajstić information content (AvgIpc) is 2.75. The van der Waals surface area contributed by atoms with E-state index in [1.54, 1.807) is 54.6 Å². The lowest BCUT2D eigenvalue weighted by Crippen LogP contribution is -2.17. The lowest BCUT2D eigenvalue weighted by Gasteiger charge is -2.07. The smallest absolute Gasteiger partial charge is 0.343 e. The summed E-state index contributed by atoms with van der Waals surface area (Å²) in [6, 6.07) is 20.3. The molecule has 0 aliphatic carbocycles. The second-order valence-corrected chi connectivity index (χ2v) is 5.80. The van der Waals surface area contributed by atoms with E-state index in [1.165, 1.54) is 30.5 Å². The van der Waals surface area contributed by atoms with E-state index in [4.69, 9.17) is 4.74 Å². The Balaban J connectivity index is 1.69. The number of esters is 1. The molecule has 3 rings (SSSR count). The topological polar surface area (TPSA) is 111 Å². The molecule has 0 aliphatic heterocycles. The number of benzene rings is 3. The van der Waals surface area contributed by atoms with Gasteiger partial charge in [-0.05, 0) is 36.4 Å². The first-order valence-electron chi connectivity index (χ1n) is 8.49. The minimum absolute atomic E-state index is 0.122. The van der Waals surface area contributed by atoms with Gasteiger partial charge in [-0.1, -0.05) is 30.3 Å². The SMILES string of the molecule is O=C(N/N=C\c1ccccc1OC(=O)c1ccc([N+](=O)[O-])cc1)c1ccccc1. The fourth-order valence-corrected chi connectivity index (χ4v) is 2.37. The van der Waals surface area contributed by atoms with Gasteiger partial charge in [-0.2, -0.15) is 5.10 Å². The van der Waals surface area contributed by atoms with Gasteiger partial charge in [0, 0.05) is 23.3 Å². The van der Waals surface area contributed by atoms with Gasteiger partial charge in [0.15, 0.2) is 0 Å². The molecule has 0 atom stereocenters. The summed E-state index contributed by atoms with van der Waals surface area (Å²) in [7, 11) is 0. The summed E-state index contributed by atoms with van der Waals surface area (Å²) in [6.07, 6.45) is 1.36. The van der Waals surface area contributed by atoms with Crippen molar-refractivity contribution in [3.05, 3.63) is 106 Å². The number of nitro groups is 1. The third-order valence-electron chi connectivity index (χ3n) is 3.84. The first kappa shape index (κ1) is 19.4. The van der Waals surface area contributed by atoms with E-state index in [-0.39, 0.29) is 22.9 Å². The minimum Gasteiger partial charge on any atom is -0.422 e. The molecule has 0 unspecified atom stereocenters. The van der Waals surface area contributed by atoms with Gasteiger partial charge in [-0.3, -0.25) is 14.9 Å². The van der Waals surface area contributed by atoms with E-state index in [2.05, 4.69) is 10.5 Å². The number of nitro benzene ring substituents is 1. The summed E-state index contributed by atoms with van der Waals surface area (Å²) in [5.74, 6) is -0.815. The number of para-hydroxylation sites is 1. The maximum Gasteiger partial charge on any atom is 0.343 e. The number of carbonyl (C=O) groups excluding carboxylic acids is 2. The quantitative estimate of drug-likeness (QED) is 0.228. The first-order chi connectivity index (χ1) is 14.0. The average molecular weight is 389 g/mol. The molecule has 0 heterocycles. The van der Waals surface area contributed by atoms with Crippen molar-refractivity contribution in [2.45, 2.75) is 0 Å². The maximum absolute atomic E-state index is 12.3. The summed E-state index contributed by atoms with van der Waals surface area (Å²) in [4.78, 5) is 34.5. The Morgan fingerprint density at radius 1 is 0.897 bits per heavy atom. The van der Waals surface area contributed by atoms with Crippen LogP contribution in [0.5, 0.6) is 5.75 Å². The zero-order valence-corrected chi connectivity index (χ0v) is 15.0. The molecule has 29 heavy (non-hydrogen) atoms. The van der Waals surface area contributed by atoms with Crippen LogP contribution in [0.1, 0.15) is 26.3 Å². The van der Waals surface area contributed by atoms with Gasteiger partial charge in [0.2, 0.25) is 0 Å². The van der Waals surface area contributed by atoms with Gasteiger partial charge < -0.3 is 4.74 Å². The number of non-ortho nitro benzene ring substituents is 1. The molecule has 3 aromatic rings. The molecule has 0 fully saturated rings. The molecule has 0 radical (unpaired) electrons. The predicted molar refractivity (Wildman–Crippen MR) is 106 cm³/mol. The largest absolute Gasteiger partial charge is 0.422 e. The van der Waals surface area contributed by atoms with Crippen molar-refractivity contribution in [3.8, 4) is 5.75 Å². The van der Waals surface area contributed by atoms with Crippen LogP contribution in [-0.4, -0.2) is 23.0 Å². The molecular weight excluding hydrogens is 374 g/mol. The first-order valence-corrected chi connectivity index (χ1v) is 8.49. The normalized spacial score (nSPS) is 10.5. The predicted octanol–water partition coefficient (Wildman–Crippen LogP) is 3.58. The molecule has 1 N–H and O–H groups in total. The summed E-state index contributed by atoms with van der Waals surface area (Å²) in [6.45, 7) is 0. The van der Waals surface area contributed by atoms with Crippen molar-refractivity contribution in [1.29, 1.82) is 0 Å². The van der Waals surface area contributed by atoms with Crippen LogP contribution < -0.4 is 10.2 Å². The van der Waals surface area contributed by atoms with Crippen molar-refractivity contribution in [3.63, 3.8) is 0 Å². The number of ether oxygens (including phenoxy) is 1. The lowest BCUT2D eigenvalue weighted by molar-refractivity contribution is -0.384. The highest BCUT2D eigenvalue weighted by molar-refractivity contribution is 5.96. The van der Waals surface area contributed by atoms with Crippen molar-refractivity contribution in [1.82, 2.24) is 5.43 Å². The highest BCUT2D eigenvalue weighted by Gasteiger charge is 2.13. The highest BCUT2D eigenvalue weighted by Crippen LogP contribution is 2.19. The second-order valence-electron chi connectivity index (χ2n) is 5.80. The number of carbonyl (C=O) groups is 2. The molecule has 0 aromatic heterocycles. The Kier molecular flexibility index (Phi) is 6.06. The number of nitrogens with one attached hydrogen (secondary N) is 1. The fourth-order valence-electron chi connectivity index (χ4n) is 2.37. The number of hydrogen-bond donors (Lipinski definition) is 1. The Labute approximate surface area is 165 Å². The van der Waals surface area contributed by atoms with Gasteiger partial charge in [0.25, 0.3) is 11.6 Å². The molecule has 144 valence electrons. The fraction of sp³-hybridized carbons (Fsp3) is 0. The number of hydrogen-bond acceptors (Lipinski definition) is 6. The number of rotatable bonds is 6. The molecule has 0 bridgehead atoms. The third kappa shape index (κ3) is 5.10. The summed E-state index contributed by atoms with van der Waals surface area (Å²) in [5.41, 5.74) is 3.38. The van der Waals surface area contributed by atoms with Gasteiger partial charge in [-0.25, -0.2) is 10.2 Å². The zero-order valence-electron chi connectivity index (χ0n) is 15.0. The Morgan fingerprint density at radius 2 is 1.55 bits per heavy atom. The second kappa shape index (κ2) is 9.05.